The van der Waals surface area contributed by atoms with Crippen molar-refractivity contribution in [2.45, 2.75) is 51.0 Å². The molecule has 2 N–H and O–H groups in total. The molecule has 5 heteroatoms. The lowest BCUT2D eigenvalue weighted by Gasteiger charge is -2.16. The molecule has 0 aromatic rings. The third-order valence-electron chi connectivity index (χ3n) is 3.59. The van der Waals surface area contributed by atoms with E-state index in [0.29, 0.717) is 6.10 Å². The zero-order chi connectivity index (χ0) is 14.5. The summed E-state index contributed by atoms with van der Waals surface area (Å²) in [5.74, 6) is 2.07. The Morgan fingerprint density at radius 2 is 1.85 bits per heavy atom. The van der Waals surface area contributed by atoms with Gasteiger partial charge in [-0.1, -0.05) is 25.7 Å². The molecule has 4 nitrogen and oxygen atoms in total. The lowest BCUT2D eigenvalue weighted by atomic mass is 10.1. The van der Waals surface area contributed by atoms with E-state index >= 15 is 0 Å². The monoisotopic (exact) mass is 301 g/mol. The van der Waals surface area contributed by atoms with Gasteiger partial charge in [0.1, 0.15) is 0 Å². The molecule has 0 radical (unpaired) electrons. The smallest absolute Gasteiger partial charge is 0.191 e. The van der Waals surface area contributed by atoms with E-state index in [1.165, 1.54) is 50.7 Å². The van der Waals surface area contributed by atoms with E-state index < -0.39 is 0 Å². The first-order valence-electron chi connectivity index (χ1n) is 7.92. The molecule has 1 aliphatic carbocycles. The first-order valence-corrected chi connectivity index (χ1v) is 9.31. The van der Waals surface area contributed by atoms with Crippen LogP contribution < -0.4 is 10.6 Å². The third-order valence-corrected chi connectivity index (χ3v) is 4.29. The lowest BCUT2D eigenvalue weighted by Crippen LogP contribution is -2.39. The molecule has 0 heterocycles. The largest absolute Gasteiger partial charge is 0.376 e. The quantitative estimate of drug-likeness (QED) is 0.313. The van der Waals surface area contributed by atoms with Gasteiger partial charge in [0.25, 0.3) is 0 Å². The van der Waals surface area contributed by atoms with Gasteiger partial charge in [-0.15, -0.1) is 0 Å². The molecule has 0 saturated heterocycles. The molecule has 0 aromatic heterocycles. The van der Waals surface area contributed by atoms with Crippen LogP contribution in [0.2, 0.25) is 0 Å². The van der Waals surface area contributed by atoms with E-state index in [1.54, 1.807) is 0 Å². The number of aliphatic imine (C=N–C) groups is 1. The number of thioether (sulfide) groups is 1. The molecule has 118 valence electrons. The van der Waals surface area contributed by atoms with Gasteiger partial charge in [-0.25, -0.2) is 0 Å². The Kier molecular flexibility index (Phi) is 10.9. The number of hydrogen-bond donors (Lipinski definition) is 2. The van der Waals surface area contributed by atoms with Gasteiger partial charge in [0.05, 0.1) is 12.7 Å². The van der Waals surface area contributed by atoms with Crippen LogP contribution in [0.1, 0.15) is 44.9 Å². The Morgan fingerprint density at radius 1 is 1.15 bits per heavy atom. The fraction of sp³-hybridized carbons (Fsp3) is 0.933. The van der Waals surface area contributed by atoms with Crippen LogP contribution in [0, 0.1) is 0 Å². The van der Waals surface area contributed by atoms with E-state index in [9.17, 15) is 0 Å². The third kappa shape index (κ3) is 8.69. The Hall–Kier alpha value is -0.420. The number of guanidine groups is 1. The van der Waals surface area contributed by atoms with Crippen molar-refractivity contribution in [3.05, 3.63) is 0 Å². The highest BCUT2D eigenvalue weighted by atomic mass is 32.2. The summed E-state index contributed by atoms with van der Waals surface area (Å²) in [5.41, 5.74) is 0. The Morgan fingerprint density at radius 3 is 2.50 bits per heavy atom. The summed E-state index contributed by atoms with van der Waals surface area (Å²) in [6, 6.07) is 0. The number of hydrogen-bond acceptors (Lipinski definition) is 3. The second kappa shape index (κ2) is 12.3. The van der Waals surface area contributed by atoms with E-state index in [0.717, 1.165) is 25.7 Å². The molecule has 0 unspecified atom stereocenters. The SMILES string of the molecule is CN=C(NCCCSC)NCCOC1CCCCCC1. The van der Waals surface area contributed by atoms with E-state index in [2.05, 4.69) is 21.9 Å². The molecule has 0 atom stereocenters. The van der Waals surface area contributed by atoms with Crippen LogP contribution in [0.5, 0.6) is 0 Å². The molecule has 0 spiro atoms. The zero-order valence-electron chi connectivity index (χ0n) is 13.1. The van der Waals surface area contributed by atoms with Gasteiger partial charge in [-0.05, 0) is 31.3 Å². The van der Waals surface area contributed by atoms with Crippen molar-refractivity contribution in [3.63, 3.8) is 0 Å². The second-order valence-electron chi connectivity index (χ2n) is 5.26. The van der Waals surface area contributed by atoms with E-state index in [4.69, 9.17) is 4.74 Å². The van der Waals surface area contributed by atoms with Gasteiger partial charge in [0, 0.05) is 20.1 Å². The Balaban J connectivity index is 2.02. The number of nitrogens with zero attached hydrogens (tertiary/aromatic N) is 1. The van der Waals surface area contributed by atoms with Crippen molar-refractivity contribution < 1.29 is 4.74 Å². The van der Waals surface area contributed by atoms with Crippen LogP contribution in [-0.4, -0.2) is 50.8 Å². The predicted molar refractivity (Wildman–Crippen MR) is 89.8 cm³/mol. The van der Waals surface area contributed by atoms with Crippen LogP contribution in [0.25, 0.3) is 0 Å². The molecule has 1 fully saturated rings. The molecular weight excluding hydrogens is 270 g/mol. The van der Waals surface area contributed by atoms with Crippen LogP contribution in [-0.2, 0) is 4.74 Å². The van der Waals surface area contributed by atoms with Gasteiger partial charge in [-0.3, -0.25) is 4.99 Å². The molecule has 0 amide bonds. The minimum Gasteiger partial charge on any atom is -0.376 e. The summed E-state index contributed by atoms with van der Waals surface area (Å²) in [5, 5.41) is 6.63. The maximum Gasteiger partial charge on any atom is 0.191 e. The highest BCUT2D eigenvalue weighted by Crippen LogP contribution is 2.19. The summed E-state index contributed by atoms with van der Waals surface area (Å²) < 4.78 is 5.95. The van der Waals surface area contributed by atoms with Crippen molar-refractivity contribution in [1.29, 1.82) is 0 Å². The highest BCUT2D eigenvalue weighted by Gasteiger charge is 2.11. The lowest BCUT2D eigenvalue weighted by molar-refractivity contribution is 0.0468. The molecule has 20 heavy (non-hydrogen) atoms. The van der Waals surface area contributed by atoms with Crippen LogP contribution >= 0.6 is 11.8 Å². The molecule has 1 rings (SSSR count). The van der Waals surface area contributed by atoms with Crippen molar-refractivity contribution in [2.75, 3.05) is 38.8 Å². The van der Waals surface area contributed by atoms with Crippen molar-refractivity contribution in [2.24, 2.45) is 4.99 Å². The summed E-state index contributed by atoms with van der Waals surface area (Å²) in [4.78, 5) is 4.22. The van der Waals surface area contributed by atoms with Gasteiger partial charge >= 0.3 is 0 Å². The van der Waals surface area contributed by atoms with Gasteiger partial charge in [0.2, 0.25) is 0 Å². The van der Waals surface area contributed by atoms with Crippen molar-refractivity contribution in [1.82, 2.24) is 10.6 Å². The maximum absolute atomic E-state index is 5.95. The maximum atomic E-state index is 5.95. The first-order chi connectivity index (χ1) is 9.86. The molecular formula is C15H31N3OS. The van der Waals surface area contributed by atoms with Gasteiger partial charge < -0.3 is 15.4 Å². The zero-order valence-corrected chi connectivity index (χ0v) is 13.9. The Labute approximate surface area is 128 Å². The normalized spacial score (nSPS) is 17.8. The second-order valence-corrected chi connectivity index (χ2v) is 6.24. The van der Waals surface area contributed by atoms with Crippen LogP contribution in [0.3, 0.4) is 0 Å². The summed E-state index contributed by atoms with van der Waals surface area (Å²) in [6.45, 7) is 2.58. The van der Waals surface area contributed by atoms with Crippen molar-refractivity contribution in [3.8, 4) is 0 Å². The van der Waals surface area contributed by atoms with Gasteiger partial charge in [-0.2, -0.15) is 11.8 Å². The molecule has 1 aliphatic rings. The average Bonchev–Trinajstić information content (AvgIpc) is 2.74. The number of rotatable bonds is 8. The first kappa shape index (κ1) is 17.6. The summed E-state index contributed by atoms with van der Waals surface area (Å²) in [7, 11) is 1.82. The molecule has 1 saturated carbocycles. The number of nitrogens with one attached hydrogen (secondary N) is 2. The number of ether oxygens (including phenoxy) is 1. The minimum absolute atomic E-state index is 0.482. The van der Waals surface area contributed by atoms with Gasteiger partial charge in [0.15, 0.2) is 5.96 Å². The highest BCUT2D eigenvalue weighted by molar-refractivity contribution is 7.98. The molecule has 0 aliphatic heterocycles. The van der Waals surface area contributed by atoms with E-state index in [-0.39, 0.29) is 0 Å². The molecule has 0 bridgehead atoms. The summed E-state index contributed by atoms with van der Waals surface area (Å²) in [6.07, 6.45) is 11.7. The molecule has 0 aromatic carbocycles. The van der Waals surface area contributed by atoms with Crippen molar-refractivity contribution >= 4 is 17.7 Å². The van der Waals surface area contributed by atoms with Crippen LogP contribution in [0.15, 0.2) is 4.99 Å². The minimum atomic E-state index is 0.482. The van der Waals surface area contributed by atoms with Crippen LogP contribution in [0.4, 0.5) is 0 Å². The average molecular weight is 302 g/mol. The predicted octanol–water partition coefficient (Wildman–Crippen LogP) is 2.64. The fourth-order valence-electron chi connectivity index (χ4n) is 2.45. The Bertz CT molecular complexity index is 254. The standard InChI is InChI=1S/C15H31N3OS/c1-16-15(17-10-7-13-20-2)18-11-12-19-14-8-5-3-4-6-9-14/h14H,3-13H2,1-2H3,(H2,16,17,18). The fourth-order valence-corrected chi connectivity index (χ4v) is 2.88. The van der Waals surface area contributed by atoms with E-state index in [1.807, 2.05) is 18.8 Å². The summed E-state index contributed by atoms with van der Waals surface area (Å²) >= 11 is 1.88. The topological polar surface area (TPSA) is 45.7 Å².